The first kappa shape index (κ1) is 18.4. The molecule has 3 atom stereocenters. The highest BCUT2D eigenvalue weighted by molar-refractivity contribution is 4.95. The van der Waals surface area contributed by atoms with Gasteiger partial charge in [-0.15, -0.1) is 0 Å². The van der Waals surface area contributed by atoms with E-state index in [2.05, 4.69) is 22.1 Å². The maximum absolute atomic E-state index is 13.9. The average Bonchev–Trinajstić information content (AvgIpc) is 3.08. The van der Waals surface area contributed by atoms with Gasteiger partial charge in [-0.25, -0.2) is 9.37 Å². The van der Waals surface area contributed by atoms with Crippen LogP contribution in [0.1, 0.15) is 38.4 Å². The van der Waals surface area contributed by atoms with Gasteiger partial charge in [0.15, 0.2) is 0 Å². The number of halogens is 1. The second-order valence-corrected chi connectivity index (χ2v) is 6.57. The summed E-state index contributed by atoms with van der Waals surface area (Å²) in [5, 5.41) is 3.58. The molecule has 5 nitrogen and oxygen atoms in total. The number of unbranched alkanes of at least 4 members (excludes halogenated alkanes) is 1. The van der Waals surface area contributed by atoms with E-state index in [0.717, 1.165) is 18.8 Å². The third-order valence-electron chi connectivity index (χ3n) is 4.66. The number of hydrogen-bond donors (Lipinski definition) is 1. The molecule has 1 fully saturated rings. The topological polar surface area (TPSA) is 42.3 Å². The van der Waals surface area contributed by atoms with Crippen molar-refractivity contribution in [3.63, 3.8) is 0 Å². The van der Waals surface area contributed by atoms with Gasteiger partial charge < -0.3 is 14.6 Å². The smallest absolute Gasteiger partial charge is 0.122 e. The van der Waals surface area contributed by atoms with Gasteiger partial charge in [0.2, 0.25) is 0 Å². The number of hydrogen-bond acceptors (Lipinski definition) is 4. The predicted molar refractivity (Wildman–Crippen MR) is 90.1 cm³/mol. The van der Waals surface area contributed by atoms with Gasteiger partial charge in [-0.2, -0.15) is 0 Å². The van der Waals surface area contributed by atoms with E-state index < -0.39 is 6.17 Å². The van der Waals surface area contributed by atoms with Crippen molar-refractivity contribution in [2.24, 2.45) is 7.05 Å². The molecular weight excluding hydrogens is 295 g/mol. The fourth-order valence-corrected chi connectivity index (χ4v) is 3.26. The van der Waals surface area contributed by atoms with Crippen LogP contribution in [0.25, 0.3) is 0 Å². The van der Waals surface area contributed by atoms with Crippen molar-refractivity contribution >= 4 is 0 Å². The van der Waals surface area contributed by atoms with Gasteiger partial charge in [0, 0.05) is 51.7 Å². The second-order valence-electron chi connectivity index (χ2n) is 6.57. The molecule has 23 heavy (non-hydrogen) atoms. The molecule has 2 heterocycles. The van der Waals surface area contributed by atoms with Crippen LogP contribution >= 0.6 is 0 Å². The Hall–Kier alpha value is -0.980. The molecule has 1 unspecified atom stereocenters. The number of rotatable bonds is 10. The molecule has 1 saturated heterocycles. The molecule has 0 saturated carbocycles. The standard InChI is InChI=1S/C17H31FN4O/c1-4-5-6-15(13-23-3)20-10-16-9-14(18)11-22(16)12-17-19-7-8-21(17)2/h7-8,14-16,20H,4-6,9-13H2,1-3H3/t14-,15?,16-/m0/s1. The summed E-state index contributed by atoms with van der Waals surface area (Å²) < 4.78 is 21.2. The molecule has 0 amide bonds. The molecule has 2 rings (SSSR count). The van der Waals surface area contributed by atoms with E-state index in [1.54, 1.807) is 13.3 Å². The molecule has 1 N–H and O–H groups in total. The first-order chi connectivity index (χ1) is 11.1. The van der Waals surface area contributed by atoms with Gasteiger partial charge in [-0.05, 0) is 12.8 Å². The highest BCUT2D eigenvalue weighted by atomic mass is 19.1. The minimum absolute atomic E-state index is 0.225. The number of ether oxygens (including phenoxy) is 1. The number of aryl methyl sites for hydroxylation is 1. The maximum Gasteiger partial charge on any atom is 0.122 e. The third kappa shape index (κ3) is 5.55. The number of likely N-dealkylation sites (tertiary alicyclic amines) is 1. The Balaban J connectivity index is 1.87. The van der Waals surface area contributed by atoms with Crippen LogP contribution in [0, 0.1) is 0 Å². The van der Waals surface area contributed by atoms with Crippen LogP contribution in [0.5, 0.6) is 0 Å². The van der Waals surface area contributed by atoms with E-state index in [4.69, 9.17) is 4.74 Å². The molecule has 1 aliphatic heterocycles. The minimum atomic E-state index is -0.737. The van der Waals surface area contributed by atoms with Gasteiger partial charge in [0.25, 0.3) is 0 Å². The first-order valence-corrected chi connectivity index (χ1v) is 8.70. The fourth-order valence-electron chi connectivity index (χ4n) is 3.26. The predicted octanol–water partition coefficient (Wildman–Crippen LogP) is 2.13. The summed E-state index contributed by atoms with van der Waals surface area (Å²) in [5.41, 5.74) is 0. The molecule has 0 bridgehead atoms. The molecule has 0 radical (unpaired) electrons. The molecule has 1 aromatic heterocycles. The zero-order valence-electron chi connectivity index (χ0n) is 14.7. The summed E-state index contributed by atoms with van der Waals surface area (Å²) in [6, 6.07) is 0.580. The van der Waals surface area contributed by atoms with Crippen molar-refractivity contribution in [2.45, 2.75) is 57.4 Å². The Labute approximate surface area is 139 Å². The summed E-state index contributed by atoms with van der Waals surface area (Å²) in [4.78, 5) is 6.57. The summed E-state index contributed by atoms with van der Waals surface area (Å²) in [7, 11) is 3.72. The van der Waals surface area contributed by atoms with Crippen molar-refractivity contribution in [3.05, 3.63) is 18.2 Å². The summed E-state index contributed by atoms with van der Waals surface area (Å²) >= 11 is 0. The summed E-state index contributed by atoms with van der Waals surface area (Å²) in [6.45, 7) is 4.93. The van der Waals surface area contributed by atoms with Crippen LogP contribution in [0.3, 0.4) is 0 Å². The van der Waals surface area contributed by atoms with Gasteiger partial charge in [0.1, 0.15) is 12.0 Å². The van der Waals surface area contributed by atoms with Crippen LogP contribution in [-0.2, 0) is 18.3 Å². The van der Waals surface area contributed by atoms with Gasteiger partial charge in [0.05, 0.1) is 13.2 Å². The van der Waals surface area contributed by atoms with Crippen molar-refractivity contribution in [1.82, 2.24) is 19.8 Å². The van der Waals surface area contributed by atoms with Gasteiger partial charge >= 0.3 is 0 Å². The van der Waals surface area contributed by atoms with Crippen LogP contribution in [0.2, 0.25) is 0 Å². The first-order valence-electron chi connectivity index (χ1n) is 8.70. The number of nitrogens with zero attached hydrogens (tertiary/aromatic N) is 3. The summed E-state index contributed by atoms with van der Waals surface area (Å²) in [5.74, 6) is 0.989. The van der Waals surface area contributed by atoms with Crippen molar-refractivity contribution in [1.29, 1.82) is 0 Å². The molecule has 1 aromatic rings. The highest BCUT2D eigenvalue weighted by Gasteiger charge is 2.32. The Kier molecular flexibility index (Phi) is 7.46. The second kappa shape index (κ2) is 9.35. The lowest BCUT2D eigenvalue weighted by atomic mass is 10.1. The Morgan fingerprint density at radius 1 is 1.52 bits per heavy atom. The number of alkyl halides is 1. The fraction of sp³-hybridized carbons (Fsp3) is 0.824. The van der Waals surface area contributed by atoms with E-state index in [0.29, 0.717) is 32.2 Å². The summed E-state index contributed by atoms with van der Waals surface area (Å²) in [6.07, 6.45) is 7.08. The van der Waals surface area contributed by atoms with Crippen molar-refractivity contribution in [3.8, 4) is 0 Å². The lowest BCUT2D eigenvalue weighted by molar-refractivity contribution is 0.152. The van der Waals surface area contributed by atoms with Crippen LogP contribution < -0.4 is 5.32 Å². The number of aromatic nitrogens is 2. The molecule has 0 spiro atoms. The normalized spacial score (nSPS) is 23.5. The minimum Gasteiger partial charge on any atom is -0.383 e. The number of nitrogens with one attached hydrogen (secondary N) is 1. The molecule has 6 heteroatoms. The molecule has 1 aliphatic rings. The van der Waals surface area contributed by atoms with E-state index in [1.165, 1.54) is 12.8 Å². The quantitative estimate of drug-likeness (QED) is 0.715. The number of imidazole rings is 1. The zero-order chi connectivity index (χ0) is 16.7. The van der Waals surface area contributed by atoms with E-state index in [9.17, 15) is 4.39 Å². The van der Waals surface area contributed by atoms with E-state index in [1.807, 2.05) is 17.8 Å². The lowest BCUT2D eigenvalue weighted by Crippen LogP contribution is -2.43. The SMILES string of the molecule is CCCCC(COC)NC[C@@H]1C[C@H](F)CN1Cc1nccn1C. The molecule has 0 aromatic carbocycles. The Morgan fingerprint density at radius 2 is 2.35 bits per heavy atom. The maximum atomic E-state index is 13.9. The third-order valence-corrected chi connectivity index (χ3v) is 4.66. The lowest BCUT2D eigenvalue weighted by Gasteiger charge is -2.26. The van der Waals surface area contributed by atoms with Crippen molar-refractivity contribution < 1.29 is 9.13 Å². The zero-order valence-corrected chi connectivity index (χ0v) is 14.7. The van der Waals surface area contributed by atoms with Crippen LogP contribution in [0.15, 0.2) is 12.4 Å². The van der Waals surface area contributed by atoms with E-state index >= 15 is 0 Å². The molecule has 132 valence electrons. The Morgan fingerprint density at radius 3 is 3.00 bits per heavy atom. The van der Waals surface area contributed by atoms with Gasteiger partial charge in [-0.1, -0.05) is 19.8 Å². The number of methoxy groups -OCH3 is 1. The highest BCUT2D eigenvalue weighted by Crippen LogP contribution is 2.22. The van der Waals surface area contributed by atoms with Crippen LogP contribution in [-0.4, -0.2) is 59.5 Å². The average molecular weight is 326 g/mol. The molecular formula is C17H31FN4O. The van der Waals surface area contributed by atoms with E-state index in [-0.39, 0.29) is 6.04 Å². The van der Waals surface area contributed by atoms with Crippen LogP contribution in [0.4, 0.5) is 4.39 Å². The molecule has 0 aliphatic carbocycles. The van der Waals surface area contributed by atoms with Gasteiger partial charge in [-0.3, -0.25) is 4.90 Å². The Bertz CT molecular complexity index is 454. The van der Waals surface area contributed by atoms with Crippen molar-refractivity contribution in [2.75, 3.05) is 26.8 Å². The monoisotopic (exact) mass is 326 g/mol. The largest absolute Gasteiger partial charge is 0.383 e.